The molecule has 0 aliphatic rings. The zero-order valence-electron chi connectivity index (χ0n) is 20.0. The third-order valence-electron chi connectivity index (χ3n) is 5.87. The third kappa shape index (κ3) is 4.82. The number of ether oxygens (including phenoxy) is 2. The minimum absolute atomic E-state index is 0.145. The van der Waals surface area contributed by atoms with Gasteiger partial charge >= 0.3 is 5.97 Å². The van der Waals surface area contributed by atoms with Crippen LogP contribution in [0.5, 0.6) is 5.88 Å². The summed E-state index contributed by atoms with van der Waals surface area (Å²) in [7, 11) is 0. The van der Waals surface area contributed by atoms with E-state index in [1.54, 1.807) is 6.07 Å². The van der Waals surface area contributed by atoms with Gasteiger partial charge in [-0.2, -0.15) is 4.98 Å². The highest BCUT2D eigenvalue weighted by atomic mass is 16.5. The molecule has 1 N–H and O–H groups in total. The van der Waals surface area contributed by atoms with Crippen LogP contribution in [0.25, 0.3) is 16.8 Å². The average Bonchev–Trinajstić information content (AvgIpc) is 3.26. The van der Waals surface area contributed by atoms with Crippen LogP contribution >= 0.6 is 0 Å². The van der Waals surface area contributed by atoms with Crippen LogP contribution < -0.4 is 4.74 Å². The first kappa shape index (κ1) is 23.5. The van der Waals surface area contributed by atoms with E-state index in [9.17, 15) is 9.90 Å². The van der Waals surface area contributed by atoms with Gasteiger partial charge in [-0.15, -0.1) is 0 Å². The Hall–Kier alpha value is -3.64. The third-order valence-corrected chi connectivity index (χ3v) is 5.87. The predicted molar refractivity (Wildman–Crippen MR) is 132 cm³/mol. The second-order valence-electron chi connectivity index (χ2n) is 8.67. The number of carboxylic acids is 1. The Morgan fingerprint density at radius 2 is 1.85 bits per heavy atom. The molecule has 0 bridgehead atoms. The van der Waals surface area contributed by atoms with Crippen LogP contribution in [0.4, 0.5) is 0 Å². The number of hydrogen-bond donors (Lipinski definition) is 1. The molecule has 2 heterocycles. The summed E-state index contributed by atoms with van der Waals surface area (Å²) in [5.41, 5.74) is 5.53. The van der Waals surface area contributed by atoms with Gasteiger partial charge in [-0.05, 0) is 54.2 Å². The quantitative estimate of drug-likeness (QED) is 0.318. The number of pyridine rings is 1. The van der Waals surface area contributed by atoms with Gasteiger partial charge in [-0.25, -0.2) is 4.79 Å². The molecule has 0 saturated heterocycles. The van der Waals surface area contributed by atoms with Crippen LogP contribution in [-0.2, 0) is 11.3 Å². The number of carboxylic acid groups (broad SMARTS) is 1. The van der Waals surface area contributed by atoms with Crippen LogP contribution in [0.15, 0.2) is 66.9 Å². The van der Waals surface area contributed by atoms with Crippen molar-refractivity contribution >= 4 is 11.6 Å². The van der Waals surface area contributed by atoms with Crippen molar-refractivity contribution in [1.29, 1.82) is 0 Å². The molecule has 4 rings (SSSR count). The number of rotatable bonds is 9. The fraction of sp³-hybridized carbons (Fsp3) is 0.286. The highest BCUT2D eigenvalue weighted by Gasteiger charge is 2.21. The lowest BCUT2D eigenvalue weighted by molar-refractivity contribution is 0.00691. The standard InChI is InChI=1S/C28H30N2O4/c1-5-33-25-16-30-22(13-11-19(4)27(30)29-25)17-34-26(18(2)3)21-12-14-23(24(15-21)28(31)32)20-9-7-6-8-10-20/h6-16,18,26H,5,17H2,1-4H3,(H,31,32). The molecule has 4 aromatic rings. The summed E-state index contributed by atoms with van der Waals surface area (Å²) >= 11 is 0. The normalized spacial score (nSPS) is 12.3. The number of aryl methyl sites for hydroxylation is 1. The van der Waals surface area contributed by atoms with Crippen LogP contribution in [0, 0.1) is 12.8 Å². The van der Waals surface area contributed by atoms with Gasteiger partial charge in [0, 0.05) is 0 Å². The topological polar surface area (TPSA) is 73.1 Å². The van der Waals surface area contributed by atoms with E-state index in [2.05, 4.69) is 18.8 Å². The van der Waals surface area contributed by atoms with Gasteiger partial charge in [0.1, 0.15) is 5.65 Å². The zero-order valence-corrected chi connectivity index (χ0v) is 20.0. The Labute approximate surface area is 199 Å². The highest BCUT2D eigenvalue weighted by Crippen LogP contribution is 2.32. The summed E-state index contributed by atoms with van der Waals surface area (Å²) in [5.74, 6) is -0.224. The lowest BCUT2D eigenvalue weighted by Gasteiger charge is -2.23. The van der Waals surface area contributed by atoms with E-state index >= 15 is 0 Å². The van der Waals surface area contributed by atoms with Crippen LogP contribution in [0.2, 0.25) is 0 Å². The maximum absolute atomic E-state index is 12.1. The molecule has 2 aromatic carbocycles. The number of hydrogen-bond acceptors (Lipinski definition) is 4. The van der Waals surface area contributed by atoms with Crippen molar-refractivity contribution in [2.45, 2.75) is 40.4 Å². The summed E-state index contributed by atoms with van der Waals surface area (Å²) in [6.07, 6.45) is 1.61. The molecule has 1 atom stereocenters. The number of benzene rings is 2. The molecule has 0 aliphatic carbocycles. The van der Waals surface area contributed by atoms with Crippen molar-refractivity contribution in [2.24, 2.45) is 5.92 Å². The van der Waals surface area contributed by atoms with Crippen molar-refractivity contribution in [2.75, 3.05) is 6.61 Å². The summed E-state index contributed by atoms with van der Waals surface area (Å²) in [6, 6.07) is 19.2. The number of imidazole rings is 1. The summed E-state index contributed by atoms with van der Waals surface area (Å²) < 4.78 is 14.0. The molecule has 1 unspecified atom stereocenters. The van der Waals surface area contributed by atoms with E-state index in [0.717, 1.165) is 28.0 Å². The summed E-state index contributed by atoms with van der Waals surface area (Å²) in [5, 5.41) is 9.91. The molecule has 6 heteroatoms. The Morgan fingerprint density at radius 1 is 1.09 bits per heavy atom. The van der Waals surface area contributed by atoms with Gasteiger partial charge in [-0.1, -0.05) is 62.4 Å². The molecule has 0 spiro atoms. The molecule has 0 saturated carbocycles. The molecule has 0 fully saturated rings. The minimum atomic E-state index is -0.953. The van der Waals surface area contributed by atoms with Gasteiger partial charge in [-0.3, -0.25) is 4.40 Å². The van der Waals surface area contributed by atoms with Crippen molar-refractivity contribution in [3.8, 4) is 17.0 Å². The first-order chi connectivity index (χ1) is 16.4. The Kier molecular flexibility index (Phi) is 6.98. The van der Waals surface area contributed by atoms with E-state index in [4.69, 9.17) is 9.47 Å². The van der Waals surface area contributed by atoms with Crippen molar-refractivity contribution < 1.29 is 19.4 Å². The van der Waals surface area contributed by atoms with Crippen LogP contribution in [-0.4, -0.2) is 27.1 Å². The smallest absolute Gasteiger partial charge is 0.336 e. The fourth-order valence-corrected chi connectivity index (χ4v) is 4.20. The van der Waals surface area contributed by atoms with Gasteiger partial charge < -0.3 is 14.6 Å². The average molecular weight is 459 g/mol. The first-order valence-corrected chi connectivity index (χ1v) is 11.5. The highest BCUT2D eigenvalue weighted by molar-refractivity contribution is 5.96. The van der Waals surface area contributed by atoms with E-state index in [0.29, 0.717) is 24.7 Å². The van der Waals surface area contributed by atoms with E-state index in [1.807, 2.05) is 79.0 Å². The van der Waals surface area contributed by atoms with Crippen LogP contribution in [0.1, 0.15) is 54.1 Å². The Morgan fingerprint density at radius 3 is 2.53 bits per heavy atom. The van der Waals surface area contributed by atoms with Gasteiger partial charge in [0.05, 0.1) is 36.8 Å². The monoisotopic (exact) mass is 458 g/mol. The number of nitrogens with zero attached hydrogens (tertiary/aromatic N) is 2. The lowest BCUT2D eigenvalue weighted by atomic mass is 9.92. The molecule has 0 radical (unpaired) electrons. The number of aromatic nitrogens is 2. The lowest BCUT2D eigenvalue weighted by Crippen LogP contribution is -2.14. The Balaban J connectivity index is 1.64. The maximum atomic E-state index is 12.1. The van der Waals surface area contributed by atoms with Crippen LogP contribution in [0.3, 0.4) is 0 Å². The molecule has 0 amide bonds. The van der Waals surface area contributed by atoms with Crippen molar-refractivity contribution in [3.63, 3.8) is 0 Å². The second-order valence-corrected chi connectivity index (χ2v) is 8.67. The molecule has 2 aromatic heterocycles. The molecule has 6 nitrogen and oxygen atoms in total. The summed E-state index contributed by atoms with van der Waals surface area (Å²) in [4.78, 5) is 16.7. The molecular weight excluding hydrogens is 428 g/mol. The van der Waals surface area contributed by atoms with E-state index < -0.39 is 5.97 Å². The Bertz CT molecular complexity index is 1290. The first-order valence-electron chi connectivity index (χ1n) is 11.5. The SMILES string of the molecule is CCOc1cn2c(COC(c3ccc(-c4ccccc4)c(C(=O)O)c3)C(C)C)ccc(C)c2n1. The van der Waals surface area contributed by atoms with Gasteiger partial charge in [0.25, 0.3) is 0 Å². The molecule has 176 valence electrons. The molecular formula is C28H30N2O4. The number of fused-ring (bicyclic) bond motifs is 1. The zero-order chi connectivity index (χ0) is 24.2. The molecule has 0 aliphatic heterocycles. The predicted octanol–water partition coefficient (Wildman–Crippen LogP) is 6.32. The van der Waals surface area contributed by atoms with Gasteiger partial charge in [0.2, 0.25) is 5.88 Å². The molecule has 34 heavy (non-hydrogen) atoms. The number of aromatic carboxylic acids is 1. The van der Waals surface area contributed by atoms with Gasteiger partial charge in [0.15, 0.2) is 0 Å². The maximum Gasteiger partial charge on any atom is 0.336 e. The second kappa shape index (κ2) is 10.1. The van der Waals surface area contributed by atoms with E-state index in [-0.39, 0.29) is 17.6 Å². The minimum Gasteiger partial charge on any atom is -0.478 e. The fourth-order valence-electron chi connectivity index (χ4n) is 4.20. The number of carbonyl (C=O) groups is 1. The van der Waals surface area contributed by atoms with E-state index in [1.165, 1.54) is 0 Å². The largest absolute Gasteiger partial charge is 0.478 e. The van der Waals surface area contributed by atoms with Crippen molar-refractivity contribution in [3.05, 3.63) is 89.2 Å². The van der Waals surface area contributed by atoms with Crippen molar-refractivity contribution in [1.82, 2.24) is 9.38 Å². The summed E-state index contributed by atoms with van der Waals surface area (Å²) in [6.45, 7) is 9.00.